The third-order valence-corrected chi connectivity index (χ3v) is 4.26. The van der Waals surface area contributed by atoms with Gasteiger partial charge in [0.25, 0.3) is 5.91 Å². The lowest BCUT2D eigenvalue weighted by atomic mass is 10.1. The van der Waals surface area contributed by atoms with E-state index in [0.717, 1.165) is 11.3 Å². The summed E-state index contributed by atoms with van der Waals surface area (Å²) >= 11 is 0. The number of hydrogen-bond acceptors (Lipinski definition) is 4. The van der Waals surface area contributed by atoms with Crippen LogP contribution in [0.5, 0.6) is 11.5 Å². The molecule has 1 aliphatic rings. The standard InChI is InChI=1S/C21H21N3O4/c1-27-17-9-10-18(19(14-17)28-2)20(25)22-11-3-4-15-5-7-16(8-6-15)24-13-12-23-21(24)26/h5-10,14H,11-13H2,1-2H3,(H,22,25)(H,23,26). The summed E-state index contributed by atoms with van der Waals surface area (Å²) in [7, 11) is 3.05. The smallest absolute Gasteiger partial charge is 0.321 e. The van der Waals surface area contributed by atoms with E-state index in [0.29, 0.717) is 30.2 Å². The van der Waals surface area contributed by atoms with E-state index in [1.807, 2.05) is 24.3 Å². The molecule has 0 aliphatic carbocycles. The summed E-state index contributed by atoms with van der Waals surface area (Å²) in [6.45, 7) is 1.51. The SMILES string of the molecule is COc1ccc(C(=O)NCC#Cc2ccc(N3CCNC3=O)cc2)c(OC)c1. The van der Waals surface area contributed by atoms with Crippen LogP contribution in [0.15, 0.2) is 42.5 Å². The van der Waals surface area contributed by atoms with E-state index in [4.69, 9.17) is 9.47 Å². The number of methoxy groups -OCH3 is 2. The van der Waals surface area contributed by atoms with Crippen LogP contribution >= 0.6 is 0 Å². The van der Waals surface area contributed by atoms with Gasteiger partial charge in [0, 0.05) is 30.4 Å². The van der Waals surface area contributed by atoms with Crippen LogP contribution < -0.4 is 25.0 Å². The van der Waals surface area contributed by atoms with E-state index in [9.17, 15) is 9.59 Å². The van der Waals surface area contributed by atoms with Crippen molar-refractivity contribution in [3.63, 3.8) is 0 Å². The van der Waals surface area contributed by atoms with E-state index in [2.05, 4.69) is 22.5 Å². The minimum atomic E-state index is -0.274. The Hall–Kier alpha value is -3.66. The molecule has 0 atom stereocenters. The van der Waals surface area contributed by atoms with E-state index in [1.165, 1.54) is 7.11 Å². The molecule has 0 bridgehead atoms. The number of hydrogen-bond donors (Lipinski definition) is 2. The Labute approximate surface area is 163 Å². The fourth-order valence-corrected chi connectivity index (χ4v) is 2.79. The van der Waals surface area contributed by atoms with Crippen molar-refractivity contribution in [3.8, 4) is 23.3 Å². The van der Waals surface area contributed by atoms with Crippen LogP contribution in [0, 0.1) is 11.8 Å². The summed E-state index contributed by atoms with van der Waals surface area (Å²) in [6, 6.07) is 12.3. The summed E-state index contributed by atoms with van der Waals surface area (Å²) in [5, 5.41) is 5.51. The van der Waals surface area contributed by atoms with Gasteiger partial charge in [-0.05, 0) is 36.4 Å². The lowest BCUT2D eigenvalue weighted by molar-refractivity contribution is 0.0955. The maximum Gasteiger partial charge on any atom is 0.321 e. The normalized spacial score (nSPS) is 12.6. The van der Waals surface area contributed by atoms with Gasteiger partial charge in [0.1, 0.15) is 11.5 Å². The molecular weight excluding hydrogens is 358 g/mol. The van der Waals surface area contributed by atoms with Gasteiger partial charge in [0.15, 0.2) is 0 Å². The average molecular weight is 379 g/mol. The van der Waals surface area contributed by atoms with Crippen molar-refractivity contribution in [2.75, 3.05) is 38.8 Å². The van der Waals surface area contributed by atoms with E-state index >= 15 is 0 Å². The topological polar surface area (TPSA) is 79.9 Å². The number of carbonyl (C=O) groups excluding carboxylic acids is 2. The quantitative estimate of drug-likeness (QED) is 0.779. The zero-order valence-corrected chi connectivity index (χ0v) is 15.7. The number of benzene rings is 2. The van der Waals surface area contributed by atoms with E-state index in [1.54, 1.807) is 30.2 Å². The molecule has 2 aromatic rings. The Morgan fingerprint density at radius 3 is 2.61 bits per heavy atom. The van der Waals surface area contributed by atoms with Crippen LogP contribution in [0.4, 0.5) is 10.5 Å². The minimum absolute atomic E-state index is 0.0875. The van der Waals surface area contributed by atoms with Gasteiger partial charge in [-0.3, -0.25) is 9.69 Å². The van der Waals surface area contributed by atoms with Crippen LogP contribution in [-0.2, 0) is 0 Å². The first-order valence-corrected chi connectivity index (χ1v) is 8.77. The minimum Gasteiger partial charge on any atom is -0.497 e. The molecule has 144 valence electrons. The number of rotatable bonds is 5. The molecule has 1 fully saturated rings. The lowest BCUT2D eigenvalue weighted by Gasteiger charge is -2.13. The molecule has 2 aromatic carbocycles. The molecule has 1 heterocycles. The third-order valence-electron chi connectivity index (χ3n) is 4.26. The molecule has 3 amide bonds. The van der Waals surface area contributed by atoms with Crippen molar-refractivity contribution in [1.82, 2.24) is 10.6 Å². The van der Waals surface area contributed by atoms with Gasteiger partial charge in [0.05, 0.1) is 26.3 Å². The maximum atomic E-state index is 12.3. The second-order valence-corrected chi connectivity index (χ2v) is 5.98. The van der Waals surface area contributed by atoms with Crippen molar-refractivity contribution in [3.05, 3.63) is 53.6 Å². The highest BCUT2D eigenvalue weighted by atomic mass is 16.5. The van der Waals surface area contributed by atoms with Gasteiger partial charge >= 0.3 is 6.03 Å². The molecule has 1 saturated heterocycles. The molecule has 0 unspecified atom stereocenters. The Morgan fingerprint density at radius 1 is 1.18 bits per heavy atom. The molecule has 0 saturated carbocycles. The number of nitrogens with zero attached hydrogens (tertiary/aromatic N) is 1. The summed E-state index contributed by atoms with van der Waals surface area (Å²) in [4.78, 5) is 25.7. The zero-order chi connectivity index (χ0) is 19.9. The Morgan fingerprint density at radius 2 is 1.96 bits per heavy atom. The summed E-state index contributed by atoms with van der Waals surface area (Å²) in [5.41, 5.74) is 2.05. The van der Waals surface area contributed by atoms with Gasteiger partial charge in [-0.1, -0.05) is 11.8 Å². The predicted octanol–water partition coefficient (Wildman–Crippen LogP) is 2.01. The van der Waals surface area contributed by atoms with Crippen LogP contribution in [0.2, 0.25) is 0 Å². The largest absolute Gasteiger partial charge is 0.497 e. The number of carbonyl (C=O) groups is 2. The van der Waals surface area contributed by atoms with Crippen molar-refractivity contribution < 1.29 is 19.1 Å². The van der Waals surface area contributed by atoms with Gasteiger partial charge in [0.2, 0.25) is 0 Å². The summed E-state index contributed by atoms with van der Waals surface area (Å²) in [6.07, 6.45) is 0. The summed E-state index contributed by atoms with van der Waals surface area (Å²) in [5.74, 6) is 6.69. The van der Waals surface area contributed by atoms with Gasteiger partial charge in [-0.2, -0.15) is 0 Å². The number of amides is 3. The highest BCUT2D eigenvalue weighted by molar-refractivity contribution is 5.97. The van der Waals surface area contributed by atoms with Crippen LogP contribution in [0.25, 0.3) is 0 Å². The molecule has 0 aromatic heterocycles. The van der Waals surface area contributed by atoms with Crippen molar-refractivity contribution in [2.45, 2.75) is 0 Å². The molecule has 1 aliphatic heterocycles. The van der Waals surface area contributed by atoms with Gasteiger partial charge < -0.3 is 20.1 Å². The van der Waals surface area contributed by atoms with Gasteiger partial charge in [-0.25, -0.2) is 4.79 Å². The highest BCUT2D eigenvalue weighted by Crippen LogP contribution is 2.24. The summed E-state index contributed by atoms with van der Waals surface area (Å²) < 4.78 is 10.4. The number of urea groups is 1. The van der Waals surface area contributed by atoms with Gasteiger partial charge in [-0.15, -0.1) is 0 Å². The Bertz CT molecular complexity index is 929. The zero-order valence-electron chi connectivity index (χ0n) is 15.7. The lowest BCUT2D eigenvalue weighted by Crippen LogP contribution is -2.27. The fraction of sp³-hybridized carbons (Fsp3) is 0.238. The van der Waals surface area contributed by atoms with Crippen molar-refractivity contribution in [2.24, 2.45) is 0 Å². The number of nitrogens with one attached hydrogen (secondary N) is 2. The molecule has 0 radical (unpaired) electrons. The number of anilines is 1. The molecule has 7 heteroatoms. The van der Waals surface area contributed by atoms with Crippen LogP contribution in [-0.4, -0.2) is 45.8 Å². The second kappa shape index (κ2) is 8.82. The first kappa shape index (κ1) is 19.1. The molecular formula is C21H21N3O4. The fourth-order valence-electron chi connectivity index (χ4n) is 2.79. The molecule has 2 N–H and O–H groups in total. The first-order chi connectivity index (χ1) is 13.6. The molecule has 7 nitrogen and oxygen atoms in total. The first-order valence-electron chi connectivity index (χ1n) is 8.77. The predicted molar refractivity (Wildman–Crippen MR) is 106 cm³/mol. The molecule has 0 spiro atoms. The Balaban J connectivity index is 1.58. The van der Waals surface area contributed by atoms with E-state index < -0.39 is 0 Å². The third kappa shape index (κ3) is 4.35. The van der Waals surface area contributed by atoms with E-state index in [-0.39, 0.29) is 18.5 Å². The highest BCUT2D eigenvalue weighted by Gasteiger charge is 2.20. The monoisotopic (exact) mass is 379 g/mol. The molecule has 3 rings (SSSR count). The second-order valence-electron chi connectivity index (χ2n) is 5.98. The van der Waals surface area contributed by atoms with Crippen molar-refractivity contribution >= 4 is 17.6 Å². The number of ether oxygens (including phenoxy) is 2. The van der Waals surface area contributed by atoms with Crippen LogP contribution in [0.1, 0.15) is 15.9 Å². The van der Waals surface area contributed by atoms with Crippen molar-refractivity contribution in [1.29, 1.82) is 0 Å². The average Bonchev–Trinajstić information content (AvgIpc) is 3.16. The molecule has 28 heavy (non-hydrogen) atoms. The maximum absolute atomic E-state index is 12.3. The van der Waals surface area contributed by atoms with Crippen LogP contribution in [0.3, 0.4) is 0 Å². The Kier molecular flexibility index (Phi) is 6.02.